The number of amides is 1. The number of methoxy groups -OCH3 is 1. The van der Waals surface area contributed by atoms with Crippen LogP contribution < -0.4 is 4.90 Å². The largest absolute Gasteiger partial charge is 0.383 e. The molecular weight excluding hydrogens is 226 g/mol. The van der Waals surface area contributed by atoms with Crippen LogP contribution in [0.1, 0.15) is 31.9 Å². The Morgan fingerprint density at radius 1 is 1.44 bits per heavy atom. The van der Waals surface area contributed by atoms with Crippen LogP contribution in [0.2, 0.25) is 0 Å². The van der Waals surface area contributed by atoms with Gasteiger partial charge in [0, 0.05) is 14.0 Å². The zero-order chi connectivity index (χ0) is 13.7. The van der Waals surface area contributed by atoms with E-state index in [-0.39, 0.29) is 11.9 Å². The van der Waals surface area contributed by atoms with Crippen LogP contribution in [0.25, 0.3) is 0 Å². The molecule has 0 saturated heterocycles. The first-order chi connectivity index (χ1) is 8.52. The maximum absolute atomic E-state index is 12.0. The first-order valence-corrected chi connectivity index (χ1v) is 6.40. The molecule has 0 radical (unpaired) electrons. The molecule has 0 fully saturated rings. The van der Waals surface area contributed by atoms with E-state index in [1.807, 2.05) is 30.9 Å². The number of benzene rings is 1. The molecule has 0 heterocycles. The highest BCUT2D eigenvalue weighted by molar-refractivity contribution is 5.93. The van der Waals surface area contributed by atoms with E-state index >= 15 is 0 Å². The van der Waals surface area contributed by atoms with Gasteiger partial charge in [-0.3, -0.25) is 4.79 Å². The fourth-order valence-electron chi connectivity index (χ4n) is 2.35. The molecule has 0 aromatic heterocycles. The number of aryl methyl sites for hydroxylation is 2. The number of rotatable bonds is 5. The Bertz CT molecular complexity index is 415. The monoisotopic (exact) mass is 249 g/mol. The molecular formula is C15H23NO2. The summed E-state index contributed by atoms with van der Waals surface area (Å²) in [6, 6.07) is 6.21. The van der Waals surface area contributed by atoms with Gasteiger partial charge in [0.1, 0.15) is 0 Å². The minimum atomic E-state index is 0.0406. The van der Waals surface area contributed by atoms with Crippen molar-refractivity contribution in [1.82, 2.24) is 0 Å². The molecule has 0 bridgehead atoms. The summed E-state index contributed by atoms with van der Waals surface area (Å²) in [5, 5.41) is 0. The van der Waals surface area contributed by atoms with E-state index in [4.69, 9.17) is 4.74 Å². The molecule has 1 aromatic carbocycles. The minimum Gasteiger partial charge on any atom is -0.383 e. The Hall–Kier alpha value is -1.35. The van der Waals surface area contributed by atoms with Gasteiger partial charge in [-0.05, 0) is 31.4 Å². The number of carbonyl (C=O) groups excluding carboxylic acids is 1. The number of carbonyl (C=O) groups is 1. The maximum atomic E-state index is 12.0. The first-order valence-electron chi connectivity index (χ1n) is 6.40. The van der Waals surface area contributed by atoms with E-state index in [0.29, 0.717) is 6.61 Å². The van der Waals surface area contributed by atoms with Crippen LogP contribution in [0.3, 0.4) is 0 Å². The van der Waals surface area contributed by atoms with Gasteiger partial charge in [0.15, 0.2) is 0 Å². The van der Waals surface area contributed by atoms with Crippen LogP contribution in [0.15, 0.2) is 18.2 Å². The first kappa shape index (κ1) is 14.7. The van der Waals surface area contributed by atoms with E-state index in [1.165, 1.54) is 5.56 Å². The standard InChI is InChI=1S/C15H23NO2/c1-6-14-9-7-8-11(2)15(14)16(13(4)17)12(3)10-18-5/h7-9,12H,6,10H2,1-5H3. The molecule has 1 aromatic rings. The van der Waals surface area contributed by atoms with Gasteiger partial charge in [0.05, 0.1) is 18.3 Å². The lowest BCUT2D eigenvalue weighted by atomic mass is 10.0. The molecule has 100 valence electrons. The second-order valence-electron chi connectivity index (χ2n) is 4.63. The smallest absolute Gasteiger partial charge is 0.224 e. The summed E-state index contributed by atoms with van der Waals surface area (Å²) in [6.45, 7) is 8.31. The van der Waals surface area contributed by atoms with E-state index in [0.717, 1.165) is 17.7 Å². The van der Waals surface area contributed by atoms with Crippen LogP contribution in [0.4, 0.5) is 5.69 Å². The number of anilines is 1. The molecule has 0 aliphatic rings. The number of nitrogens with zero attached hydrogens (tertiary/aromatic N) is 1. The average Bonchev–Trinajstić information content (AvgIpc) is 2.31. The molecule has 3 nitrogen and oxygen atoms in total. The van der Waals surface area contributed by atoms with Crippen molar-refractivity contribution < 1.29 is 9.53 Å². The molecule has 0 spiro atoms. The zero-order valence-corrected chi connectivity index (χ0v) is 12.0. The molecule has 3 heteroatoms. The Labute approximate surface area is 110 Å². The van der Waals surface area contributed by atoms with Crippen molar-refractivity contribution in [3.8, 4) is 0 Å². The Morgan fingerprint density at radius 3 is 2.61 bits per heavy atom. The predicted molar refractivity (Wildman–Crippen MR) is 75.1 cm³/mol. The summed E-state index contributed by atoms with van der Waals surface area (Å²) in [4.78, 5) is 13.8. The average molecular weight is 249 g/mol. The molecule has 0 aliphatic heterocycles. The molecule has 0 aliphatic carbocycles. The van der Waals surface area contributed by atoms with Gasteiger partial charge in [-0.2, -0.15) is 0 Å². The lowest BCUT2D eigenvalue weighted by molar-refractivity contribution is -0.117. The summed E-state index contributed by atoms with van der Waals surface area (Å²) in [7, 11) is 1.66. The van der Waals surface area contributed by atoms with Gasteiger partial charge in [-0.25, -0.2) is 0 Å². The Balaban J connectivity index is 3.25. The third-order valence-corrected chi connectivity index (χ3v) is 3.13. The van der Waals surface area contributed by atoms with Crippen molar-refractivity contribution in [3.05, 3.63) is 29.3 Å². The molecule has 1 amide bonds. The summed E-state index contributed by atoms with van der Waals surface area (Å²) >= 11 is 0. The van der Waals surface area contributed by atoms with Crippen molar-refractivity contribution in [2.75, 3.05) is 18.6 Å². The molecule has 1 rings (SSSR count). The second-order valence-corrected chi connectivity index (χ2v) is 4.63. The quantitative estimate of drug-likeness (QED) is 0.803. The fraction of sp³-hybridized carbons (Fsp3) is 0.533. The van der Waals surface area contributed by atoms with Crippen molar-refractivity contribution in [2.24, 2.45) is 0 Å². The lowest BCUT2D eigenvalue weighted by Gasteiger charge is -2.31. The fourth-order valence-corrected chi connectivity index (χ4v) is 2.35. The predicted octanol–water partition coefficient (Wildman–Crippen LogP) is 2.95. The summed E-state index contributed by atoms with van der Waals surface area (Å²) in [6.07, 6.45) is 0.917. The maximum Gasteiger partial charge on any atom is 0.224 e. The van der Waals surface area contributed by atoms with Gasteiger partial charge < -0.3 is 9.64 Å². The van der Waals surface area contributed by atoms with Crippen molar-refractivity contribution in [1.29, 1.82) is 0 Å². The minimum absolute atomic E-state index is 0.0406. The van der Waals surface area contributed by atoms with Crippen LogP contribution >= 0.6 is 0 Å². The number of hydrogen-bond donors (Lipinski definition) is 0. The number of para-hydroxylation sites is 1. The summed E-state index contributed by atoms with van der Waals surface area (Å²) < 4.78 is 5.18. The van der Waals surface area contributed by atoms with E-state index in [2.05, 4.69) is 13.0 Å². The van der Waals surface area contributed by atoms with Gasteiger partial charge in [-0.1, -0.05) is 25.1 Å². The molecule has 1 unspecified atom stereocenters. The zero-order valence-electron chi connectivity index (χ0n) is 12.0. The van der Waals surface area contributed by atoms with E-state index in [1.54, 1.807) is 14.0 Å². The third kappa shape index (κ3) is 3.10. The summed E-state index contributed by atoms with van der Waals surface area (Å²) in [5.74, 6) is 0.0588. The van der Waals surface area contributed by atoms with E-state index < -0.39 is 0 Å². The van der Waals surface area contributed by atoms with Crippen LogP contribution in [0, 0.1) is 6.92 Å². The Morgan fingerprint density at radius 2 is 2.11 bits per heavy atom. The Kier molecular flexibility index (Phi) is 5.35. The molecule has 18 heavy (non-hydrogen) atoms. The lowest BCUT2D eigenvalue weighted by Crippen LogP contribution is -2.40. The van der Waals surface area contributed by atoms with Crippen molar-refractivity contribution in [3.63, 3.8) is 0 Å². The van der Waals surface area contributed by atoms with Crippen molar-refractivity contribution in [2.45, 2.75) is 40.2 Å². The van der Waals surface area contributed by atoms with Gasteiger partial charge in [0.25, 0.3) is 0 Å². The SMILES string of the molecule is CCc1cccc(C)c1N(C(C)=O)C(C)COC. The van der Waals surface area contributed by atoms with Crippen molar-refractivity contribution >= 4 is 11.6 Å². The topological polar surface area (TPSA) is 29.5 Å². The van der Waals surface area contributed by atoms with Gasteiger partial charge in [-0.15, -0.1) is 0 Å². The molecule has 1 atom stereocenters. The highest BCUT2D eigenvalue weighted by Crippen LogP contribution is 2.27. The van der Waals surface area contributed by atoms with Gasteiger partial charge >= 0.3 is 0 Å². The second kappa shape index (κ2) is 6.55. The van der Waals surface area contributed by atoms with E-state index in [9.17, 15) is 4.79 Å². The number of hydrogen-bond acceptors (Lipinski definition) is 2. The highest BCUT2D eigenvalue weighted by Gasteiger charge is 2.22. The third-order valence-electron chi connectivity index (χ3n) is 3.13. The summed E-state index contributed by atoms with van der Waals surface area (Å²) in [5.41, 5.74) is 3.37. The van der Waals surface area contributed by atoms with Gasteiger partial charge in [0.2, 0.25) is 5.91 Å². The van der Waals surface area contributed by atoms with Crippen LogP contribution in [-0.2, 0) is 16.0 Å². The molecule has 0 saturated carbocycles. The molecule has 0 N–H and O–H groups in total. The normalized spacial score (nSPS) is 12.3. The number of ether oxygens (including phenoxy) is 1. The highest BCUT2D eigenvalue weighted by atomic mass is 16.5. The van der Waals surface area contributed by atoms with Crippen LogP contribution in [0.5, 0.6) is 0 Å². The van der Waals surface area contributed by atoms with Crippen LogP contribution in [-0.4, -0.2) is 25.7 Å².